The number of carbonyl (C=O) groups excluding carboxylic acids is 1. The molecule has 16 heavy (non-hydrogen) atoms. The molecular weight excluding hydrogens is 204 g/mol. The van der Waals surface area contributed by atoms with E-state index in [1.165, 1.54) is 32.6 Å². The molecule has 0 aromatic rings. The van der Waals surface area contributed by atoms with Crippen molar-refractivity contribution >= 4 is 5.97 Å². The van der Waals surface area contributed by atoms with Crippen LogP contribution in [0.3, 0.4) is 0 Å². The maximum Gasteiger partial charge on any atom is 0.302 e. The predicted octanol–water partition coefficient (Wildman–Crippen LogP) is 3.15. The van der Waals surface area contributed by atoms with Crippen LogP contribution in [-0.4, -0.2) is 24.3 Å². The first-order chi connectivity index (χ1) is 7.54. The van der Waals surface area contributed by atoms with Gasteiger partial charge in [-0.05, 0) is 19.3 Å². The van der Waals surface area contributed by atoms with E-state index in [1.54, 1.807) is 6.92 Å². The SMILES string of the molecule is CC(C)CCCCCCO.CCOC(C)=O. The maximum atomic E-state index is 9.82. The van der Waals surface area contributed by atoms with Crippen molar-refractivity contribution in [3.63, 3.8) is 0 Å². The van der Waals surface area contributed by atoms with Crippen LogP contribution in [0.25, 0.3) is 0 Å². The fourth-order valence-corrected chi connectivity index (χ4v) is 1.22. The minimum Gasteiger partial charge on any atom is -0.466 e. The van der Waals surface area contributed by atoms with Gasteiger partial charge in [-0.15, -0.1) is 0 Å². The van der Waals surface area contributed by atoms with Crippen molar-refractivity contribution in [2.24, 2.45) is 5.92 Å². The monoisotopic (exact) mass is 232 g/mol. The minimum atomic E-state index is -0.211. The fourth-order valence-electron chi connectivity index (χ4n) is 1.22. The molecule has 0 rings (SSSR count). The molecule has 0 bridgehead atoms. The van der Waals surface area contributed by atoms with Gasteiger partial charge in [-0.1, -0.05) is 39.5 Å². The first-order valence-electron chi connectivity index (χ1n) is 6.28. The zero-order valence-corrected chi connectivity index (χ0v) is 11.3. The van der Waals surface area contributed by atoms with Gasteiger partial charge in [-0.3, -0.25) is 4.79 Å². The summed E-state index contributed by atoms with van der Waals surface area (Å²) in [6.07, 6.45) is 6.14. The highest BCUT2D eigenvalue weighted by Crippen LogP contribution is 2.08. The van der Waals surface area contributed by atoms with Crippen LogP contribution in [0.5, 0.6) is 0 Å². The molecule has 3 nitrogen and oxygen atoms in total. The van der Waals surface area contributed by atoms with Gasteiger partial charge in [0.25, 0.3) is 0 Å². The number of hydrogen-bond donors (Lipinski definition) is 1. The highest BCUT2D eigenvalue weighted by Gasteiger charge is 1.93. The molecule has 0 radical (unpaired) electrons. The summed E-state index contributed by atoms with van der Waals surface area (Å²) in [6.45, 7) is 8.53. The number of rotatable bonds is 7. The van der Waals surface area contributed by atoms with Gasteiger partial charge in [-0.25, -0.2) is 0 Å². The Morgan fingerprint density at radius 1 is 1.19 bits per heavy atom. The molecule has 0 unspecified atom stereocenters. The van der Waals surface area contributed by atoms with Gasteiger partial charge >= 0.3 is 5.97 Å². The fraction of sp³-hybridized carbons (Fsp3) is 0.923. The number of ether oxygens (including phenoxy) is 1. The smallest absolute Gasteiger partial charge is 0.302 e. The van der Waals surface area contributed by atoms with Gasteiger partial charge < -0.3 is 9.84 Å². The van der Waals surface area contributed by atoms with Crippen LogP contribution in [0.4, 0.5) is 0 Å². The van der Waals surface area contributed by atoms with Crippen molar-refractivity contribution in [2.45, 2.75) is 59.8 Å². The number of esters is 1. The van der Waals surface area contributed by atoms with E-state index >= 15 is 0 Å². The van der Waals surface area contributed by atoms with E-state index in [0.29, 0.717) is 13.2 Å². The van der Waals surface area contributed by atoms with E-state index in [-0.39, 0.29) is 5.97 Å². The topological polar surface area (TPSA) is 46.5 Å². The molecule has 0 saturated carbocycles. The van der Waals surface area contributed by atoms with Crippen molar-refractivity contribution in [3.8, 4) is 0 Å². The maximum absolute atomic E-state index is 9.82. The Morgan fingerprint density at radius 2 is 1.75 bits per heavy atom. The predicted molar refractivity (Wildman–Crippen MR) is 67.3 cm³/mol. The summed E-state index contributed by atoms with van der Waals surface area (Å²) in [5.41, 5.74) is 0. The van der Waals surface area contributed by atoms with Crippen molar-refractivity contribution in [1.82, 2.24) is 0 Å². The van der Waals surface area contributed by atoms with Crippen LogP contribution < -0.4 is 0 Å². The quantitative estimate of drug-likeness (QED) is 0.542. The molecule has 0 aliphatic carbocycles. The second-order valence-corrected chi connectivity index (χ2v) is 4.24. The van der Waals surface area contributed by atoms with E-state index in [1.807, 2.05) is 0 Å². The Labute approximate surface area is 100 Å². The molecule has 0 aliphatic heterocycles. The first-order valence-corrected chi connectivity index (χ1v) is 6.28. The summed E-state index contributed by atoms with van der Waals surface area (Å²) in [5.74, 6) is 0.631. The normalized spacial score (nSPS) is 9.62. The molecule has 0 spiro atoms. The van der Waals surface area contributed by atoms with Crippen LogP contribution >= 0.6 is 0 Å². The standard InChI is InChI=1S/C9H20O.C4H8O2/c1-9(2)7-5-3-4-6-8-10;1-3-6-4(2)5/h9-10H,3-8H2,1-2H3;3H2,1-2H3. The van der Waals surface area contributed by atoms with Gasteiger partial charge in [0.2, 0.25) is 0 Å². The summed E-state index contributed by atoms with van der Waals surface area (Å²) < 4.78 is 4.40. The molecule has 3 heteroatoms. The minimum absolute atomic E-state index is 0.211. The van der Waals surface area contributed by atoms with Gasteiger partial charge in [0.1, 0.15) is 0 Å². The van der Waals surface area contributed by atoms with Gasteiger partial charge in [0.05, 0.1) is 6.61 Å². The summed E-state index contributed by atoms with van der Waals surface area (Å²) in [7, 11) is 0. The van der Waals surface area contributed by atoms with E-state index in [0.717, 1.165) is 12.3 Å². The van der Waals surface area contributed by atoms with Crippen molar-refractivity contribution < 1.29 is 14.6 Å². The molecular formula is C13H28O3. The second-order valence-electron chi connectivity index (χ2n) is 4.24. The third-order valence-electron chi connectivity index (χ3n) is 2.04. The average Bonchev–Trinajstić information content (AvgIpc) is 2.17. The molecule has 98 valence electrons. The number of aliphatic hydroxyl groups excluding tert-OH is 1. The lowest BCUT2D eigenvalue weighted by Crippen LogP contribution is -1.95. The molecule has 0 saturated heterocycles. The van der Waals surface area contributed by atoms with Crippen LogP contribution in [-0.2, 0) is 9.53 Å². The highest BCUT2D eigenvalue weighted by atomic mass is 16.5. The molecule has 1 N–H and O–H groups in total. The Hall–Kier alpha value is -0.570. The molecule has 0 aliphatic rings. The molecule has 0 heterocycles. The van der Waals surface area contributed by atoms with Crippen molar-refractivity contribution in [1.29, 1.82) is 0 Å². The Balaban J connectivity index is 0. The van der Waals surface area contributed by atoms with Crippen molar-refractivity contribution in [3.05, 3.63) is 0 Å². The van der Waals surface area contributed by atoms with Crippen LogP contribution in [0.15, 0.2) is 0 Å². The molecule has 0 aromatic carbocycles. The summed E-state index contributed by atoms with van der Waals surface area (Å²) in [5, 5.41) is 8.47. The molecule has 0 fully saturated rings. The van der Waals surface area contributed by atoms with E-state index < -0.39 is 0 Å². The average molecular weight is 232 g/mol. The van der Waals surface area contributed by atoms with Gasteiger partial charge in [0, 0.05) is 13.5 Å². The van der Waals surface area contributed by atoms with E-state index in [9.17, 15) is 4.79 Å². The van der Waals surface area contributed by atoms with Crippen molar-refractivity contribution in [2.75, 3.05) is 13.2 Å². The first kappa shape index (κ1) is 17.8. The number of aliphatic hydroxyl groups is 1. The Kier molecular flexibility index (Phi) is 16.1. The third-order valence-corrected chi connectivity index (χ3v) is 2.04. The summed E-state index contributed by atoms with van der Waals surface area (Å²) in [6, 6.07) is 0. The highest BCUT2D eigenvalue weighted by molar-refractivity contribution is 5.65. The van der Waals surface area contributed by atoms with Gasteiger partial charge in [0.15, 0.2) is 0 Å². The zero-order valence-electron chi connectivity index (χ0n) is 11.3. The van der Waals surface area contributed by atoms with E-state index in [4.69, 9.17) is 5.11 Å². The van der Waals surface area contributed by atoms with Gasteiger partial charge in [-0.2, -0.15) is 0 Å². The summed E-state index contributed by atoms with van der Waals surface area (Å²) in [4.78, 5) is 9.82. The number of carbonyl (C=O) groups is 1. The zero-order chi connectivity index (χ0) is 12.8. The summed E-state index contributed by atoms with van der Waals surface area (Å²) >= 11 is 0. The van der Waals surface area contributed by atoms with Crippen LogP contribution in [0.2, 0.25) is 0 Å². The lowest BCUT2D eigenvalue weighted by molar-refractivity contribution is -0.140. The number of hydrogen-bond acceptors (Lipinski definition) is 3. The second kappa shape index (κ2) is 14.4. The lowest BCUT2D eigenvalue weighted by atomic mass is 10.0. The van der Waals surface area contributed by atoms with Crippen LogP contribution in [0.1, 0.15) is 59.8 Å². The van der Waals surface area contributed by atoms with E-state index in [2.05, 4.69) is 18.6 Å². The molecule has 0 atom stereocenters. The number of unbranched alkanes of at least 4 members (excludes halogenated alkanes) is 3. The molecule has 0 aromatic heterocycles. The lowest BCUT2D eigenvalue weighted by Gasteiger charge is -2.02. The molecule has 0 amide bonds. The Bertz CT molecular complexity index is 144. The third kappa shape index (κ3) is 23.3. The largest absolute Gasteiger partial charge is 0.466 e. The Morgan fingerprint density at radius 3 is 2.06 bits per heavy atom. The van der Waals surface area contributed by atoms with Crippen LogP contribution in [0, 0.1) is 5.92 Å².